The van der Waals surface area contributed by atoms with Crippen molar-refractivity contribution < 1.29 is 18.1 Å². The highest BCUT2D eigenvalue weighted by molar-refractivity contribution is 7.93. The van der Waals surface area contributed by atoms with E-state index < -0.39 is 31.8 Å². The number of ether oxygens (including phenoxy) is 1. The zero-order chi connectivity index (χ0) is 23.2. The predicted molar refractivity (Wildman–Crippen MR) is 118 cm³/mol. The van der Waals surface area contributed by atoms with Crippen molar-refractivity contribution in [1.29, 1.82) is 0 Å². The largest absolute Gasteiger partial charge is 0.351 e. The average molecular weight is 487 g/mol. The van der Waals surface area contributed by atoms with Crippen molar-refractivity contribution in [2.45, 2.75) is 17.7 Å². The van der Waals surface area contributed by atoms with Crippen LogP contribution in [-0.2, 0) is 21.4 Å². The number of sulfonamides is 1. The molecule has 0 fully saturated rings. The minimum Gasteiger partial charge on any atom is -0.351 e. The molecule has 2 aromatic carbocycles. The Hall–Kier alpha value is -3.61. The third kappa shape index (κ3) is 3.57. The van der Waals surface area contributed by atoms with Gasteiger partial charge in [-0.15, -0.1) is 0 Å². The number of nitrogens with zero attached hydrogens (tertiary/aromatic N) is 6. The molecule has 0 bridgehead atoms. The second-order valence-electron chi connectivity index (χ2n) is 7.14. The second-order valence-corrected chi connectivity index (χ2v) is 9.33. The van der Waals surface area contributed by atoms with E-state index >= 15 is 0 Å². The Morgan fingerprint density at radius 2 is 1.85 bits per heavy atom. The van der Waals surface area contributed by atoms with E-state index in [2.05, 4.69) is 15.0 Å². The van der Waals surface area contributed by atoms with E-state index in [-0.39, 0.29) is 18.3 Å². The van der Waals surface area contributed by atoms with Crippen molar-refractivity contribution in [2.75, 3.05) is 10.8 Å². The van der Waals surface area contributed by atoms with Gasteiger partial charge >= 0.3 is 0 Å². The summed E-state index contributed by atoms with van der Waals surface area (Å²) in [4.78, 5) is 22.8. The van der Waals surface area contributed by atoms with Crippen molar-refractivity contribution in [3.8, 4) is 0 Å². The molecule has 168 valence electrons. The highest BCUT2D eigenvalue weighted by atomic mass is 35.5. The first-order valence-electron chi connectivity index (χ1n) is 9.66. The molecule has 2 aromatic heterocycles. The molecule has 1 aliphatic rings. The van der Waals surface area contributed by atoms with E-state index in [1.807, 2.05) is 0 Å². The van der Waals surface area contributed by atoms with Crippen LogP contribution in [0.25, 0.3) is 11.2 Å². The smallest absolute Gasteiger partial charge is 0.289 e. The molecule has 0 amide bonds. The number of nitro groups is 1. The summed E-state index contributed by atoms with van der Waals surface area (Å²) >= 11 is 6.11. The minimum absolute atomic E-state index is 0.0994. The summed E-state index contributed by atoms with van der Waals surface area (Å²) in [5, 5.41) is 11.7. The van der Waals surface area contributed by atoms with E-state index in [1.165, 1.54) is 30.9 Å². The van der Waals surface area contributed by atoms with Gasteiger partial charge < -0.3 is 4.74 Å². The zero-order valence-electron chi connectivity index (χ0n) is 16.8. The maximum absolute atomic E-state index is 13.8. The molecule has 0 aliphatic carbocycles. The summed E-state index contributed by atoms with van der Waals surface area (Å²) in [6, 6.07) is 12.1. The summed E-state index contributed by atoms with van der Waals surface area (Å²) in [5.41, 5.74) is 1.19. The number of halogens is 1. The molecule has 4 aromatic rings. The van der Waals surface area contributed by atoms with Crippen molar-refractivity contribution >= 4 is 44.2 Å². The highest BCUT2D eigenvalue weighted by Crippen LogP contribution is 2.36. The molecule has 3 heterocycles. The van der Waals surface area contributed by atoms with Crippen LogP contribution in [-0.4, -0.2) is 39.4 Å². The molecule has 0 radical (unpaired) electrons. The Morgan fingerprint density at radius 1 is 1.09 bits per heavy atom. The van der Waals surface area contributed by atoms with Gasteiger partial charge in [-0.3, -0.25) is 19.0 Å². The molecule has 13 heteroatoms. The summed E-state index contributed by atoms with van der Waals surface area (Å²) in [5.74, 6) is 0. The molecule has 0 spiro atoms. The van der Waals surface area contributed by atoms with Gasteiger partial charge in [-0.25, -0.2) is 23.4 Å². The average Bonchev–Trinajstić information content (AvgIpc) is 3.15. The van der Waals surface area contributed by atoms with Gasteiger partial charge in [-0.2, -0.15) is 0 Å². The monoisotopic (exact) mass is 486 g/mol. The van der Waals surface area contributed by atoms with E-state index in [9.17, 15) is 18.5 Å². The molecule has 1 unspecified atom stereocenters. The molecule has 0 N–H and O–H groups in total. The number of para-hydroxylation sites is 2. The third-order valence-electron chi connectivity index (χ3n) is 5.27. The minimum atomic E-state index is -4.34. The number of nitro benzene ring substituents is 1. The van der Waals surface area contributed by atoms with Crippen LogP contribution in [0.3, 0.4) is 0 Å². The SMILES string of the molecule is O=[N+]([O-])c1ccccc1S(=O)(=O)N1CC(n2cnc3c(Cl)ncnc32)OCc2ccccc21. The second kappa shape index (κ2) is 8.06. The number of aromatic nitrogens is 4. The van der Waals surface area contributed by atoms with E-state index in [0.29, 0.717) is 22.4 Å². The van der Waals surface area contributed by atoms with Gasteiger partial charge in [0.1, 0.15) is 11.8 Å². The Bertz CT molecular complexity index is 1490. The maximum atomic E-state index is 13.8. The normalized spacial score (nSPS) is 16.4. The summed E-state index contributed by atoms with van der Waals surface area (Å²) < 4.78 is 36.2. The topological polar surface area (TPSA) is 133 Å². The number of hydrogen-bond acceptors (Lipinski definition) is 8. The van der Waals surface area contributed by atoms with Crippen LogP contribution in [0.5, 0.6) is 0 Å². The number of fused-ring (bicyclic) bond motifs is 2. The fraction of sp³-hybridized carbons (Fsp3) is 0.150. The van der Waals surface area contributed by atoms with Crippen LogP contribution in [0, 0.1) is 10.1 Å². The lowest BCUT2D eigenvalue weighted by Gasteiger charge is -2.27. The van der Waals surface area contributed by atoms with Crippen LogP contribution in [0.1, 0.15) is 11.8 Å². The van der Waals surface area contributed by atoms with Crippen LogP contribution in [0.4, 0.5) is 11.4 Å². The number of hydrogen-bond donors (Lipinski definition) is 0. The van der Waals surface area contributed by atoms with Crippen LogP contribution in [0.15, 0.2) is 66.1 Å². The maximum Gasteiger partial charge on any atom is 0.289 e. The van der Waals surface area contributed by atoms with Crippen molar-refractivity contribution in [1.82, 2.24) is 19.5 Å². The first kappa shape index (κ1) is 21.2. The van der Waals surface area contributed by atoms with E-state index in [0.717, 1.165) is 10.4 Å². The van der Waals surface area contributed by atoms with Crippen LogP contribution < -0.4 is 4.31 Å². The summed E-state index contributed by atoms with van der Waals surface area (Å²) in [6.07, 6.45) is 1.88. The molecule has 1 atom stereocenters. The predicted octanol–water partition coefficient (Wildman–Crippen LogP) is 3.31. The molecule has 0 saturated carbocycles. The molecule has 0 saturated heterocycles. The van der Waals surface area contributed by atoms with Crippen LogP contribution >= 0.6 is 11.6 Å². The third-order valence-corrected chi connectivity index (χ3v) is 7.37. The number of anilines is 1. The van der Waals surface area contributed by atoms with Gasteiger partial charge in [0.25, 0.3) is 15.7 Å². The van der Waals surface area contributed by atoms with Gasteiger partial charge in [0.2, 0.25) is 0 Å². The first-order chi connectivity index (χ1) is 15.9. The van der Waals surface area contributed by atoms with Crippen molar-refractivity contribution in [2.24, 2.45) is 0 Å². The fourth-order valence-corrected chi connectivity index (χ4v) is 5.56. The Kier molecular flexibility index (Phi) is 5.19. The Balaban J connectivity index is 1.66. The molecule has 1 aliphatic heterocycles. The quantitative estimate of drug-likeness (QED) is 0.243. The molecular weight excluding hydrogens is 472 g/mol. The lowest BCUT2D eigenvalue weighted by molar-refractivity contribution is -0.387. The molecule has 33 heavy (non-hydrogen) atoms. The van der Waals surface area contributed by atoms with Gasteiger partial charge in [0, 0.05) is 11.6 Å². The Morgan fingerprint density at radius 3 is 2.67 bits per heavy atom. The highest BCUT2D eigenvalue weighted by Gasteiger charge is 2.36. The fourth-order valence-electron chi connectivity index (χ4n) is 3.73. The summed E-state index contributed by atoms with van der Waals surface area (Å²) in [6.45, 7) is -0.0826. The van der Waals surface area contributed by atoms with Gasteiger partial charge in [-0.05, 0) is 12.1 Å². The van der Waals surface area contributed by atoms with Crippen molar-refractivity contribution in [3.05, 3.63) is 82.0 Å². The van der Waals surface area contributed by atoms with Gasteiger partial charge in [0.05, 0.1) is 30.1 Å². The number of benzene rings is 2. The Labute approximate surface area is 192 Å². The van der Waals surface area contributed by atoms with E-state index in [1.54, 1.807) is 28.8 Å². The number of imidazole rings is 1. The van der Waals surface area contributed by atoms with Gasteiger partial charge in [0.15, 0.2) is 21.9 Å². The molecular formula is C20H15ClN6O5S. The molecule has 5 rings (SSSR count). The molecule has 11 nitrogen and oxygen atoms in total. The first-order valence-corrected chi connectivity index (χ1v) is 11.5. The lowest BCUT2D eigenvalue weighted by atomic mass is 10.2. The number of rotatable bonds is 4. The van der Waals surface area contributed by atoms with Crippen LogP contribution in [0.2, 0.25) is 5.15 Å². The summed E-state index contributed by atoms with van der Waals surface area (Å²) in [7, 11) is -4.34. The standard InChI is InChI=1S/C20H15ClN6O5S/c21-19-18-20(23-11-22-19)25(12-24-18)17-9-26(14-6-2-1-5-13(14)10-32-17)33(30,31)16-8-4-3-7-15(16)27(28)29/h1-8,11-12,17H,9-10H2. The zero-order valence-corrected chi connectivity index (χ0v) is 18.3. The van der Waals surface area contributed by atoms with Gasteiger partial charge in [-0.1, -0.05) is 41.9 Å². The van der Waals surface area contributed by atoms with Crippen molar-refractivity contribution in [3.63, 3.8) is 0 Å². The lowest BCUT2D eigenvalue weighted by Crippen LogP contribution is -2.36. The van der Waals surface area contributed by atoms with E-state index in [4.69, 9.17) is 16.3 Å².